The van der Waals surface area contributed by atoms with Gasteiger partial charge in [0.2, 0.25) is 0 Å². The summed E-state index contributed by atoms with van der Waals surface area (Å²) in [5.41, 5.74) is 7.78. The van der Waals surface area contributed by atoms with E-state index in [-0.39, 0.29) is 0 Å². The second-order valence-electron chi connectivity index (χ2n) is 5.96. The van der Waals surface area contributed by atoms with Crippen molar-refractivity contribution < 1.29 is 5.11 Å². The number of aryl methyl sites for hydroxylation is 2. The van der Waals surface area contributed by atoms with Crippen LogP contribution in [0.15, 0.2) is 72.8 Å². The van der Waals surface area contributed by atoms with Crippen LogP contribution in [-0.2, 0) is 12.8 Å². The van der Waals surface area contributed by atoms with Crippen LogP contribution in [0, 0.1) is 0 Å². The van der Waals surface area contributed by atoms with E-state index in [1.54, 1.807) is 12.1 Å². The largest absolute Gasteiger partial charge is 0.508 e. The lowest BCUT2D eigenvalue weighted by molar-refractivity contribution is 0.475. The molecule has 0 atom stereocenters. The molecule has 0 saturated heterocycles. The highest BCUT2D eigenvalue weighted by atomic mass is 16.3. The number of aromatic hydroxyl groups is 1. The van der Waals surface area contributed by atoms with E-state index in [1.165, 1.54) is 27.8 Å². The van der Waals surface area contributed by atoms with E-state index < -0.39 is 0 Å². The molecule has 0 unspecified atom stereocenters. The lowest BCUT2D eigenvalue weighted by Gasteiger charge is -2.12. The first-order valence-corrected chi connectivity index (χ1v) is 7.98. The Morgan fingerprint density at radius 2 is 1.17 bits per heavy atom. The maximum atomic E-state index is 9.50. The molecule has 1 heteroatoms. The third kappa shape index (κ3) is 2.66. The number of hydrogen-bond donors (Lipinski definition) is 1. The Kier molecular flexibility index (Phi) is 3.47. The number of phenolic OH excluding ortho intramolecular Hbond substituents is 1. The Morgan fingerprint density at radius 1 is 0.652 bits per heavy atom. The van der Waals surface area contributed by atoms with Crippen molar-refractivity contribution in [3.8, 4) is 5.75 Å². The molecule has 0 saturated carbocycles. The van der Waals surface area contributed by atoms with Gasteiger partial charge in [-0.2, -0.15) is 0 Å². The average molecular weight is 298 g/mol. The molecular weight excluding hydrogens is 280 g/mol. The van der Waals surface area contributed by atoms with Gasteiger partial charge >= 0.3 is 0 Å². The molecule has 0 fully saturated rings. The van der Waals surface area contributed by atoms with E-state index in [0.717, 1.165) is 18.4 Å². The van der Waals surface area contributed by atoms with Crippen LogP contribution in [0.1, 0.15) is 27.8 Å². The van der Waals surface area contributed by atoms with Gasteiger partial charge in [-0.1, -0.05) is 60.7 Å². The van der Waals surface area contributed by atoms with Crippen LogP contribution in [0.4, 0.5) is 0 Å². The minimum Gasteiger partial charge on any atom is -0.508 e. The van der Waals surface area contributed by atoms with Gasteiger partial charge in [-0.3, -0.25) is 0 Å². The first-order valence-electron chi connectivity index (χ1n) is 7.98. The normalized spacial score (nSPS) is 13.0. The number of rotatable bonds is 1. The first-order chi connectivity index (χ1) is 11.3. The van der Waals surface area contributed by atoms with Gasteiger partial charge in [-0.05, 0) is 64.4 Å². The molecule has 3 aromatic carbocycles. The summed E-state index contributed by atoms with van der Waals surface area (Å²) in [6, 6.07) is 24.7. The standard InChI is InChI=1S/C22H18O/c23-19-13-9-16(10-14-19)15-22-20-7-3-1-5-17(20)11-12-18-6-2-4-8-21(18)22/h1-10,13-15,23H,11-12H2. The highest BCUT2D eigenvalue weighted by Gasteiger charge is 2.17. The van der Waals surface area contributed by atoms with Crippen LogP contribution in [0.2, 0.25) is 0 Å². The molecule has 1 nitrogen and oxygen atoms in total. The molecule has 112 valence electrons. The molecule has 3 aromatic rings. The fourth-order valence-electron chi connectivity index (χ4n) is 3.31. The number of phenols is 1. The van der Waals surface area contributed by atoms with Crippen molar-refractivity contribution in [1.82, 2.24) is 0 Å². The van der Waals surface area contributed by atoms with E-state index in [4.69, 9.17) is 0 Å². The molecule has 0 aromatic heterocycles. The van der Waals surface area contributed by atoms with E-state index in [2.05, 4.69) is 54.6 Å². The van der Waals surface area contributed by atoms with Crippen molar-refractivity contribution in [2.24, 2.45) is 0 Å². The van der Waals surface area contributed by atoms with Crippen molar-refractivity contribution in [2.45, 2.75) is 12.8 Å². The number of benzene rings is 3. The fourth-order valence-corrected chi connectivity index (χ4v) is 3.31. The molecule has 1 aliphatic rings. The Bertz CT molecular complexity index is 823. The molecule has 0 amide bonds. The Balaban J connectivity index is 1.94. The lowest BCUT2D eigenvalue weighted by atomic mass is 9.92. The molecule has 0 radical (unpaired) electrons. The van der Waals surface area contributed by atoms with Crippen LogP contribution in [-0.4, -0.2) is 5.11 Å². The van der Waals surface area contributed by atoms with Gasteiger partial charge in [-0.15, -0.1) is 0 Å². The second kappa shape index (κ2) is 5.77. The summed E-state index contributed by atoms with van der Waals surface area (Å²) >= 11 is 0. The first kappa shape index (κ1) is 13.8. The summed E-state index contributed by atoms with van der Waals surface area (Å²) in [7, 11) is 0. The quantitative estimate of drug-likeness (QED) is 0.664. The highest BCUT2D eigenvalue weighted by Crippen LogP contribution is 2.34. The monoisotopic (exact) mass is 298 g/mol. The van der Waals surface area contributed by atoms with Gasteiger partial charge in [0.05, 0.1) is 0 Å². The molecule has 0 bridgehead atoms. The van der Waals surface area contributed by atoms with Gasteiger partial charge in [0, 0.05) is 0 Å². The van der Waals surface area contributed by atoms with Crippen molar-refractivity contribution in [1.29, 1.82) is 0 Å². The summed E-state index contributed by atoms with van der Waals surface area (Å²) in [5.74, 6) is 0.300. The summed E-state index contributed by atoms with van der Waals surface area (Å²) < 4.78 is 0. The van der Waals surface area contributed by atoms with Gasteiger partial charge in [0.25, 0.3) is 0 Å². The molecule has 0 heterocycles. The van der Waals surface area contributed by atoms with Crippen LogP contribution in [0.3, 0.4) is 0 Å². The third-order valence-electron chi connectivity index (χ3n) is 4.48. The summed E-state index contributed by atoms with van der Waals surface area (Å²) in [4.78, 5) is 0. The SMILES string of the molecule is Oc1ccc(C=C2c3ccccc3CCc3ccccc32)cc1. The van der Waals surface area contributed by atoms with Crippen molar-refractivity contribution in [3.63, 3.8) is 0 Å². The molecule has 4 rings (SSSR count). The van der Waals surface area contributed by atoms with Gasteiger partial charge < -0.3 is 5.11 Å². The van der Waals surface area contributed by atoms with E-state index in [1.807, 2.05) is 12.1 Å². The predicted octanol–water partition coefficient (Wildman–Crippen LogP) is 5.08. The maximum absolute atomic E-state index is 9.50. The summed E-state index contributed by atoms with van der Waals surface area (Å²) in [6.45, 7) is 0. The van der Waals surface area contributed by atoms with Crippen LogP contribution < -0.4 is 0 Å². The van der Waals surface area contributed by atoms with Gasteiger partial charge in [-0.25, -0.2) is 0 Å². The predicted molar refractivity (Wildman–Crippen MR) is 95.4 cm³/mol. The molecular formula is C22H18O. The molecule has 0 spiro atoms. The maximum Gasteiger partial charge on any atom is 0.115 e. The Hall–Kier alpha value is -2.80. The van der Waals surface area contributed by atoms with Gasteiger partial charge in [0.15, 0.2) is 0 Å². The van der Waals surface area contributed by atoms with E-state index in [9.17, 15) is 5.11 Å². The zero-order valence-corrected chi connectivity index (χ0v) is 12.9. The average Bonchev–Trinajstić information content (AvgIpc) is 2.75. The van der Waals surface area contributed by atoms with Crippen molar-refractivity contribution in [3.05, 3.63) is 101 Å². The molecule has 1 aliphatic carbocycles. The number of fused-ring (bicyclic) bond motifs is 2. The molecule has 23 heavy (non-hydrogen) atoms. The topological polar surface area (TPSA) is 20.2 Å². The Morgan fingerprint density at radius 3 is 1.74 bits per heavy atom. The van der Waals surface area contributed by atoms with Gasteiger partial charge in [0.1, 0.15) is 5.75 Å². The fraction of sp³-hybridized carbons (Fsp3) is 0.0909. The number of hydrogen-bond acceptors (Lipinski definition) is 1. The van der Waals surface area contributed by atoms with E-state index >= 15 is 0 Å². The second-order valence-corrected chi connectivity index (χ2v) is 5.96. The molecule has 0 aliphatic heterocycles. The highest BCUT2D eigenvalue weighted by molar-refractivity contribution is 5.94. The van der Waals surface area contributed by atoms with E-state index in [0.29, 0.717) is 5.75 Å². The zero-order valence-electron chi connectivity index (χ0n) is 12.9. The minimum absolute atomic E-state index is 0.300. The minimum atomic E-state index is 0.300. The van der Waals surface area contributed by atoms with Crippen LogP contribution in [0.5, 0.6) is 5.75 Å². The summed E-state index contributed by atoms with van der Waals surface area (Å²) in [6.07, 6.45) is 4.36. The van der Waals surface area contributed by atoms with Crippen molar-refractivity contribution >= 4 is 11.6 Å². The zero-order chi connectivity index (χ0) is 15.6. The molecule has 1 N–H and O–H groups in total. The van der Waals surface area contributed by atoms with Crippen molar-refractivity contribution in [2.75, 3.05) is 0 Å². The van der Waals surface area contributed by atoms with Crippen LogP contribution >= 0.6 is 0 Å². The Labute approximate surface area is 136 Å². The van der Waals surface area contributed by atoms with Crippen LogP contribution in [0.25, 0.3) is 11.6 Å². The summed E-state index contributed by atoms with van der Waals surface area (Å²) in [5, 5.41) is 9.50. The lowest BCUT2D eigenvalue weighted by Crippen LogP contribution is -1.92. The smallest absolute Gasteiger partial charge is 0.115 e. The third-order valence-corrected chi connectivity index (χ3v) is 4.48.